The monoisotopic (exact) mass is 397 g/mol. The smallest absolute Gasteiger partial charge is 0.254 e. The Bertz CT molecular complexity index is 747. The number of carbonyl (C=O) groups excluding carboxylic acids is 2. The maximum Gasteiger partial charge on any atom is 0.254 e. The van der Waals surface area contributed by atoms with E-state index in [9.17, 15) is 9.59 Å². The van der Waals surface area contributed by atoms with E-state index in [0.717, 1.165) is 62.6 Å². The highest BCUT2D eigenvalue weighted by atomic mass is 16.2. The number of likely N-dealkylation sites (tertiary alicyclic amines) is 2. The van der Waals surface area contributed by atoms with Crippen LogP contribution in [0.1, 0.15) is 62.7 Å². The normalized spacial score (nSPS) is 25.6. The van der Waals surface area contributed by atoms with Gasteiger partial charge in [-0.3, -0.25) is 9.59 Å². The molecule has 5 heteroatoms. The lowest BCUT2D eigenvalue weighted by Gasteiger charge is -2.47. The van der Waals surface area contributed by atoms with Gasteiger partial charge in [-0.1, -0.05) is 19.9 Å². The first-order valence-electron chi connectivity index (χ1n) is 11.5. The first kappa shape index (κ1) is 20.4. The SMILES string of the molecule is CC(C)CCN1CC[C@@H]2[C@H](CCCN2C(=O)c2cccc(N3CCCC3=O)c2)C1. The van der Waals surface area contributed by atoms with E-state index >= 15 is 0 Å². The predicted molar refractivity (Wildman–Crippen MR) is 116 cm³/mol. The Morgan fingerprint density at radius 1 is 1.14 bits per heavy atom. The Hall–Kier alpha value is -1.88. The minimum absolute atomic E-state index is 0.142. The van der Waals surface area contributed by atoms with Crippen LogP contribution < -0.4 is 4.90 Å². The first-order chi connectivity index (χ1) is 14.0. The number of fused-ring (bicyclic) bond motifs is 1. The van der Waals surface area contributed by atoms with Crippen LogP contribution in [-0.4, -0.2) is 60.4 Å². The maximum absolute atomic E-state index is 13.4. The van der Waals surface area contributed by atoms with Gasteiger partial charge in [0, 0.05) is 49.9 Å². The highest BCUT2D eigenvalue weighted by Crippen LogP contribution is 2.32. The van der Waals surface area contributed by atoms with Gasteiger partial charge < -0.3 is 14.7 Å². The number of anilines is 1. The van der Waals surface area contributed by atoms with Crippen molar-refractivity contribution in [1.29, 1.82) is 0 Å². The highest BCUT2D eigenvalue weighted by Gasteiger charge is 2.38. The fourth-order valence-corrected chi connectivity index (χ4v) is 5.27. The lowest BCUT2D eigenvalue weighted by Crippen LogP contribution is -2.55. The number of hydrogen-bond acceptors (Lipinski definition) is 3. The van der Waals surface area contributed by atoms with Crippen molar-refractivity contribution in [3.8, 4) is 0 Å². The minimum Gasteiger partial charge on any atom is -0.335 e. The van der Waals surface area contributed by atoms with E-state index in [4.69, 9.17) is 0 Å². The van der Waals surface area contributed by atoms with E-state index in [2.05, 4.69) is 23.6 Å². The van der Waals surface area contributed by atoms with Crippen molar-refractivity contribution in [2.75, 3.05) is 37.6 Å². The van der Waals surface area contributed by atoms with Crippen LogP contribution in [0.25, 0.3) is 0 Å². The van der Waals surface area contributed by atoms with E-state index in [1.807, 2.05) is 29.2 Å². The van der Waals surface area contributed by atoms with Gasteiger partial charge in [-0.2, -0.15) is 0 Å². The molecule has 3 fully saturated rings. The first-order valence-corrected chi connectivity index (χ1v) is 11.5. The molecule has 0 spiro atoms. The molecule has 3 aliphatic heterocycles. The zero-order valence-corrected chi connectivity index (χ0v) is 18.0. The number of carbonyl (C=O) groups is 2. The van der Waals surface area contributed by atoms with Gasteiger partial charge in [0.25, 0.3) is 5.91 Å². The molecule has 1 aromatic carbocycles. The van der Waals surface area contributed by atoms with Crippen molar-refractivity contribution in [2.24, 2.45) is 11.8 Å². The lowest BCUT2D eigenvalue weighted by atomic mass is 9.83. The molecule has 158 valence electrons. The molecule has 2 amide bonds. The lowest BCUT2D eigenvalue weighted by molar-refractivity contribution is -0.117. The largest absolute Gasteiger partial charge is 0.335 e. The number of hydrogen-bond donors (Lipinski definition) is 0. The van der Waals surface area contributed by atoms with Crippen LogP contribution in [0, 0.1) is 11.8 Å². The molecule has 0 aliphatic carbocycles. The minimum atomic E-state index is 0.142. The molecule has 2 atom stereocenters. The quantitative estimate of drug-likeness (QED) is 0.759. The van der Waals surface area contributed by atoms with Gasteiger partial charge in [-0.05, 0) is 68.7 Å². The second-order valence-electron chi connectivity index (χ2n) is 9.44. The van der Waals surface area contributed by atoms with E-state index in [-0.39, 0.29) is 11.8 Å². The molecule has 0 unspecified atom stereocenters. The Kier molecular flexibility index (Phi) is 6.23. The van der Waals surface area contributed by atoms with Gasteiger partial charge in [0.05, 0.1) is 0 Å². The molecule has 0 aromatic heterocycles. The summed E-state index contributed by atoms with van der Waals surface area (Å²) >= 11 is 0. The van der Waals surface area contributed by atoms with E-state index in [0.29, 0.717) is 18.4 Å². The molecular weight excluding hydrogens is 362 g/mol. The van der Waals surface area contributed by atoms with Crippen LogP contribution in [0.3, 0.4) is 0 Å². The molecule has 0 saturated carbocycles. The van der Waals surface area contributed by atoms with E-state index < -0.39 is 0 Å². The summed E-state index contributed by atoms with van der Waals surface area (Å²) in [6, 6.07) is 8.07. The summed E-state index contributed by atoms with van der Waals surface area (Å²) in [7, 11) is 0. The third-order valence-electron chi connectivity index (χ3n) is 6.91. The number of rotatable bonds is 5. The summed E-state index contributed by atoms with van der Waals surface area (Å²) in [4.78, 5) is 32.1. The van der Waals surface area contributed by atoms with Gasteiger partial charge in [0.2, 0.25) is 5.91 Å². The fraction of sp³-hybridized carbons (Fsp3) is 0.667. The summed E-state index contributed by atoms with van der Waals surface area (Å²) in [6.45, 7) is 9.61. The van der Waals surface area contributed by atoms with Crippen LogP contribution in [0.15, 0.2) is 24.3 Å². The van der Waals surface area contributed by atoms with Crippen molar-refractivity contribution in [2.45, 2.75) is 58.4 Å². The molecule has 0 radical (unpaired) electrons. The summed E-state index contributed by atoms with van der Waals surface area (Å²) < 4.78 is 0. The molecular formula is C24H35N3O2. The van der Waals surface area contributed by atoms with Gasteiger partial charge in [0.15, 0.2) is 0 Å². The average Bonchev–Trinajstić information content (AvgIpc) is 3.17. The van der Waals surface area contributed by atoms with Crippen LogP contribution in [0.5, 0.6) is 0 Å². The van der Waals surface area contributed by atoms with Gasteiger partial charge in [0.1, 0.15) is 0 Å². The molecule has 3 saturated heterocycles. The van der Waals surface area contributed by atoms with Crippen LogP contribution >= 0.6 is 0 Å². The number of nitrogens with zero attached hydrogens (tertiary/aromatic N) is 3. The summed E-state index contributed by atoms with van der Waals surface area (Å²) in [5.41, 5.74) is 1.60. The second-order valence-corrected chi connectivity index (χ2v) is 9.44. The summed E-state index contributed by atoms with van der Waals surface area (Å²) in [5.74, 6) is 1.65. The Labute approximate surface area is 175 Å². The molecule has 1 aromatic rings. The molecule has 4 rings (SSSR count). The van der Waals surface area contributed by atoms with Crippen molar-refractivity contribution in [3.63, 3.8) is 0 Å². The van der Waals surface area contributed by atoms with Crippen molar-refractivity contribution in [3.05, 3.63) is 29.8 Å². The van der Waals surface area contributed by atoms with Crippen molar-refractivity contribution >= 4 is 17.5 Å². The average molecular weight is 398 g/mol. The molecule has 29 heavy (non-hydrogen) atoms. The molecule has 0 N–H and O–H groups in total. The molecule has 3 aliphatic rings. The third-order valence-corrected chi connectivity index (χ3v) is 6.91. The number of piperidine rings is 2. The molecule has 3 heterocycles. The topological polar surface area (TPSA) is 43.9 Å². The Morgan fingerprint density at radius 3 is 2.76 bits per heavy atom. The van der Waals surface area contributed by atoms with Crippen LogP contribution in [0.4, 0.5) is 5.69 Å². The van der Waals surface area contributed by atoms with Gasteiger partial charge in [-0.15, -0.1) is 0 Å². The Morgan fingerprint density at radius 2 is 2.00 bits per heavy atom. The second kappa shape index (κ2) is 8.86. The van der Waals surface area contributed by atoms with E-state index in [1.165, 1.54) is 19.4 Å². The zero-order valence-electron chi connectivity index (χ0n) is 18.0. The summed E-state index contributed by atoms with van der Waals surface area (Å²) in [5, 5.41) is 0. The highest BCUT2D eigenvalue weighted by molar-refractivity contribution is 5.99. The predicted octanol–water partition coefficient (Wildman–Crippen LogP) is 3.79. The van der Waals surface area contributed by atoms with E-state index in [1.54, 1.807) is 0 Å². The maximum atomic E-state index is 13.4. The fourth-order valence-electron chi connectivity index (χ4n) is 5.27. The van der Waals surface area contributed by atoms with Crippen LogP contribution in [0.2, 0.25) is 0 Å². The molecule has 5 nitrogen and oxygen atoms in total. The summed E-state index contributed by atoms with van der Waals surface area (Å²) in [6.07, 6.45) is 6.17. The number of amides is 2. The zero-order chi connectivity index (χ0) is 20.4. The third kappa shape index (κ3) is 4.50. The molecule has 0 bridgehead atoms. The standard InChI is InChI=1S/C24H35N3O2/c1-18(2)10-14-25-15-11-22-20(17-25)7-4-13-27(22)24(29)19-6-3-8-21(16-19)26-12-5-9-23(26)28/h3,6,8,16,18,20,22H,4-5,7,9-15,17H2,1-2H3/t20-,22-/m1/s1. The van der Waals surface area contributed by atoms with Gasteiger partial charge in [-0.25, -0.2) is 0 Å². The number of benzene rings is 1. The Balaban J connectivity index is 1.44. The van der Waals surface area contributed by atoms with Crippen molar-refractivity contribution < 1.29 is 9.59 Å². The van der Waals surface area contributed by atoms with Gasteiger partial charge >= 0.3 is 0 Å². The van der Waals surface area contributed by atoms with Crippen molar-refractivity contribution in [1.82, 2.24) is 9.80 Å². The van der Waals surface area contributed by atoms with Crippen LogP contribution in [-0.2, 0) is 4.79 Å².